The number of carbonyl (C=O) groups is 2. The number of carbonyl (C=O) groups excluding carboxylic acids is 2. The summed E-state index contributed by atoms with van der Waals surface area (Å²) < 4.78 is 34.3. The molecule has 0 saturated carbocycles. The predicted molar refractivity (Wildman–Crippen MR) is 110 cm³/mol. The smallest absolute Gasteiger partial charge is 0.338 e. The molecule has 0 bridgehead atoms. The Morgan fingerprint density at radius 3 is 2.69 bits per heavy atom. The van der Waals surface area contributed by atoms with Gasteiger partial charge in [0.05, 0.1) is 11.3 Å². The Morgan fingerprint density at radius 1 is 1.21 bits per heavy atom. The summed E-state index contributed by atoms with van der Waals surface area (Å²) in [7, 11) is -3.88. The van der Waals surface area contributed by atoms with E-state index in [0.717, 1.165) is 19.3 Å². The van der Waals surface area contributed by atoms with Gasteiger partial charge in [-0.05, 0) is 43.9 Å². The van der Waals surface area contributed by atoms with Gasteiger partial charge < -0.3 is 15.0 Å². The Kier molecular flexibility index (Phi) is 6.26. The molecule has 0 aliphatic carbocycles. The van der Waals surface area contributed by atoms with Crippen molar-refractivity contribution in [3.05, 3.63) is 23.8 Å². The average molecular weight is 422 g/mol. The van der Waals surface area contributed by atoms with Crippen molar-refractivity contribution in [2.24, 2.45) is 10.3 Å². The molecule has 0 radical (unpaired) electrons. The van der Waals surface area contributed by atoms with Crippen molar-refractivity contribution in [2.45, 2.75) is 57.4 Å². The van der Waals surface area contributed by atoms with E-state index in [2.05, 4.69) is 9.71 Å². The maximum atomic E-state index is 12.6. The third-order valence-electron chi connectivity index (χ3n) is 5.31. The summed E-state index contributed by atoms with van der Waals surface area (Å²) in [5, 5.41) is 2.75. The molecule has 1 fully saturated rings. The van der Waals surface area contributed by atoms with Crippen molar-refractivity contribution in [2.75, 3.05) is 18.1 Å². The van der Waals surface area contributed by atoms with Crippen LogP contribution >= 0.6 is 0 Å². The van der Waals surface area contributed by atoms with Crippen LogP contribution in [0.1, 0.15) is 56.8 Å². The lowest BCUT2D eigenvalue weighted by Crippen LogP contribution is -2.38. The fourth-order valence-corrected chi connectivity index (χ4v) is 4.57. The Bertz CT molecular complexity index is 939. The zero-order valence-corrected chi connectivity index (χ0v) is 17.8. The molecule has 0 spiro atoms. The fourth-order valence-electron chi connectivity index (χ4n) is 3.28. The number of amidine groups is 1. The van der Waals surface area contributed by atoms with Crippen LogP contribution in [0, 0.1) is 5.92 Å². The van der Waals surface area contributed by atoms with E-state index >= 15 is 0 Å². The number of amides is 1. The first kappa shape index (κ1) is 21.3. The van der Waals surface area contributed by atoms with Crippen LogP contribution < -0.4 is 10.2 Å². The first-order valence-corrected chi connectivity index (χ1v) is 11.3. The van der Waals surface area contributed by atoms with Crippen molar-refractivity contribution in [3.8, 4) is 0 Å². The van der Waals surface area contributed by atoms with Crippen LogP contribution in [0.25, 0.3) is 0 Å². The lowest BCUT2D eigenvalue weighted by Gasteiger charge is -2.29. The monoisotopic (exact) mass is 421 g/mol. The van der Waals surface area contributed by atoms with Crippen molar-refractivity contribution >= 4 is 33.4 Å². The molecule has 3 rings (SSSR count). The van der Waals surface area contributed by atoms with Gasteiger partial charge in [0.2, 0.25) is 0 Å². The molecule has 2 heterocycles. The van der Waals surface area contributed by atoms with Crippen LogP contribution in [0.3, 0.4) is 0 Å². The molecule has 1 amide bonds. The Morgan fingerprint density at radius 2 is 1.97 bits per heavy atom. The zero-order valence-electron chi connectivity index (χ0n) is 17.0. The fraction of sp³-hybridized carbons (Fsp3) is 0.550. The molecule has 8 nitrogen and oxygen atoms in total. The SMILES string of the molecule is CC(C)[C@H](C)NC(=O)COC(=O)c1ccc2c(c1)S(=O)(=O)N=C1CCCCCN12. The molecule has 0 aromatic heterocycles. The number of anilines is 1. The second kappa shape index (κ2) is 8.52. The van der Waals surface area contributed by atoms with Crippen LogP contribution in [0.5, 0.6) is 0 Å². The highest BCUT2D eigenvalue weighted by atomic mass is 32.2. The number of ether oxygens (including phenoxy) is 1. The number of rotatable bonds is 5. The van der Waals surface area contributed by atoms with Crippen LogP contribution in [-0.4, -0.2) is 45.3 Å². The molecule has 9 heteroatoms. The highest BCUT2D eigenvalue weighted by molar-refractivity contribution is 7.90. The molecule has 1 atom stereocenters. The first-order chi connectivity index (χ1) is 13.7. The molecule has 29 heavy (non-hydrogen) atoms. The summed E-state index contributed by atoms with van der Waals surface area (Å²) in [5.41, 5.74) is 0.613. The average Bonchev–Trinajstić information content (AvgIpc) is 2.90. The van der Waals surface area contributed by atoms with E-state index in [1.165, 1.54) is 12.1 Å². The number of nitrogens with zero attached hydrogens (tertiary/aromatic N) is 2. The number of nitrogens with one attached hydrogen (secondary N) is 1. The second-order valence-corrected chi connectivity index (χ2v) is 9.38. The summed E-state index contributed by atoms with van der Waals surface area (Å²) in [6.45, 7) is 6.09. The van der Waals surface area contributed by atoms with Gasteiger partial charge >= 0.3 is 5.97 Å². The van der Waals surface area contributed by atoms with Gasteiger partial charge in [-0.25, -0.2) is 4.79 Å². The number of fused-ring (bicyclic) bond motifs is 3. The van der Waals surface area contributed by atoms with Crippen LogP contribution in [0.4, 0.5) is 5.69 Å². The van der Waals surface area contributed by atoms with Gasteiger partial charge in [0.25, 0.3) is 15.9 Å². The summed E-state index contributed by atoms with van der Waals surface area (Å²) >= 11 is 0. The van der Waals surface area contributed by atoms with E-state index < -0.39 is 28.5 Å². The molecular weight excluding hydrogens is 394 g/mol. The van der Waals surface area contributed by atoms with Gasteiger partial charge in [-0.1, -0.05) is 20.3 Å². The Balaban J connectivity index is 1.76. The van der Waals surface area contributed by atoms with Gasteiger partial charge in [-0.15, -0.1) is 4.40 Å². The molecule has 0 unspecified atom stereocenters. The van der Waals surface area contributed by atoms with Gasteiger partial charge in [-0.3, -0.25) is 4.79 Å². The predicted octanol–water partition coefficient (Wildman–Crippen LogP) is 2.49. The summed E-state index contributed by atoms with van der Waals surface area (Å²) in [4.78, 5) is 26.2. The van der Waals surface area contributed by atoms with Crippen LogP contribution in [0.2, 0.25) is 0 Å². The van der Waals surface area contributed by atoms with Crippen LogP contribution in [-0.2, 0) is 19.6 Å². The topological polar surface area (TPSA) is 105 Å². The second-order valence-electron chi connectivity index (χ2n) is 7.80. The highest BCUT2D eigenvalue weighted by Gasteiger charge is 2.32. The third-order valence-corrected chi connectivity index (χ3v) is 6.64. The number of benzene rings is 1. The number of sulfonamides is 1. The Hall–Kier alpha value is -2.42. The van der Waals surface area contributed by atoms with Crippen molar-refractivity contribution in [1.29, 1.82) is 0 Å². The third kappa shape index (κ3) is 4.77. The quantitative estimate of drug-likeness (QED) is 0.733. The number of hydrogen-bond donors (Lipinski definition) is 1. The van der Waals surface area contributed by atoms with Gasteiger partial charge in [0, 0.05) is 19.0 Å². The van der Waals surface area contributed by atoms with Crippen molar-refractivity contribution < 1.29 is 22.7 Å². The lowest BCUT2D eigenvalue weighted by atomic mass is 10.1. The van der Waals surface area contributed by atoms with Crippen LogP contribution in [0.15, 0.2) is 27.5 Å². The Labute approximate surface area is 171 Å². The van der Waals surface area contributed by atoms with Gasteiger partial charge in [0.1, 0.15) is 10.7 Å². The van der Waals surface area contributed by atoms with E-state index in [1.807, 2.05) is 25.7 Å². The highest BCUT2D eigenvalue weighted by Crippen LogP contribution is 2.35. The minimum absolute atomic E-state index is 0.00418. The minimum Gasteiger partial charge on any atom is -0.452 e. The van der Waals surface area contributed by atoms with E-state index in [4.69, 9.17) is 4.74 Å². The summed E-state index contributed by atoms with van der Waals surface area (Å²) in [6.07, 6.45) is 3.49. The molecule has 2 aliphatic heterocycles. The molecule has 1 N–H and O–H groups in total. The van der Waals surface area contributed by atoms with Gasteiger partial charge in [-0.2, -0.15) is 8.42 Å². The normalized spacial score (nSPS) is 18.8. The zero-order chi connectivity index (χ0) is 21.2. The first-order valence-electron chi connectivity index (χ1n) is 9.91. The van der Waals surface area contributed by atoms with E-state index in [9.17, 15) is 18.0 Å². The molecule has 1 aromatic rings. The largest absolute Gasteiger partial charge is 0.452 e. The van der Waals surface area contributed by atoms with E-state index in [-0.39, 0.29) is 22.4 Å². The number of esters is 1. The molecule has 2 aliphatic rings. The van der Waals surface area contributed by atoms with Crippen molar-refractivity contribution in [3.63, 3.8) is 0 Å². The van der Waals surface area contributed by atoms with E-state index in [1.54, 1.807) is 6.07 Å². The molecular formula is C20H27N3O5S. The lowest BCUT2D eigenvalue weighted by molar-refractivity contribution is -0.125. The van der Waals surface area contributed by atoms with E-state index in [0.29, 0.717) is 24.5 Å². The molecule has 1 saturated heterocycles. The summed E-state index contributed by atoms with van der Waals surface area (Å²) in [6, 6.07) is 4.38. The maximum absolute atomic E-state index is 12.6. The number of hydrogen-bond acceptors (Lipinski definition) is 6. The maximum Gasteiger partial charge on any atom is 0.338 e. The molecule has 1 aromatic carbocycles. The standard InChI is InChI=1S/C20H27N3O5S/c1-13(2)14(3)21-19(24)12-28-20(25)15-8-9-16-17(11-15)29(26,27)22-18-7-5-4-6-10-23(16)18/h8-9,11,13-14H,4-7,10,12H2,1-3H3,(H,21,24)/t14-/m0/s1. The van der Waals surface area contributed by atoms with Gasteiger partial charge in [0.15, 0.2) is 6.61 Å². The van der Waals surface area contributed by atoms with Crippen molar-refractivity contribution in [1.82, 2.24) is 5.32 Å². The summed E-state index contributed by atoms with van der Waals surface area (Å²) in [5.74, 6) is -0.337. The molecule has 158 valence electrons. The minimum atomic E-state index is -3.88.